The molecule has 0 saturated heterocycles. The number of carbonyl (C=O) groups excluding carboxylic acids is 2. The van der Waals surface area contributed by atoms with Crippen LogP contribution < -0.4 is 16.5 Å². The van der Waals surface area contributed by atoms with Crippen LogP contribution in [0.4, 0.5) is 0 Å². The molecule has 1 aromatic carbocycles. The molecule has 0 radical (unpaired) electrons. The lowest BCUT2D eigenvalue weighted by Crippen LogP contribution is -2.32. The van der Waals surface area contributed by atoms with E-state index in [-0.39, 0.29) is 30.2 Å². The molecule has 5 aromatic rings. The van der Waals surface area contributed by atoms with Crippen LogP contribution in [-0.4, -0.2) is 50.5 Å². The van der Waals surface area contributed by atoms with Gasteiger partial charge in [-0.2, -0.15) is 9.78 Å². The molecule has 0 spiro atoms. The molecule has 13 nitrogen and oxygen atoms in total. The predicted molar refractivity (Wildman–Crippen MR) is 153 cm³/mol. The minimum absolute atomic E-state index is 0.0479. The number of aromatic nitrogens is 8. The average molecular weight is 577 g/mol. The van der Waals surface area contributed by atoms with Crippen LogP contribution in [0.25, 0.3) is 5.69 Å². The lowest BCUT2D eigenvalue weighted by atomic mass is 10.3. The van der Waals surface area contributed by atoms with E-state index >= 15 is 0 Å². The minimum atomic E-state index is -0.603. The molecular formula is C27H29ClN10O3. The van der Waals surface area contributed by atoms with E-state index in [9.17, 15) is 14.4 Å². The van der Waals surface area contributed by atoms with Crippen molar-refractivity contribution >= 4 is 23.4 Å². The largest absolute Gasteiger partial charge is 0.350 e. The fourth-order valence-corrected chi connectivity index (χ4v) is 4.67. The maximum absolute atomic E-state index is 13.6. The van der Waals surface area contributed by atoms with E-state index in [1.165, 1.54) is 13.9 Å². The maximum atomic E-state index is 13.6. The number of nitrogens with one attached hydrogen (secondary N) is 2. The third-order valence-corrected chi connectivity index (χ3v) is 7.04. The predicted octanol–water partition coefficient (Wildman–Crippen LogP) is 2.89. The van der Waals surface area contributed by atoms with Gasteiger partial charge in [-0.15, -0.1) is 5.10 Å². The smallest absolute Gasteiger partial charge is 0.277 e. The summed E-state index contributed by atoms with van der Waals surface area (Å²) >= 11 is 5.98. The lowest BCUT2D eigenvalue weighted by molar-refractivity contribution is 0.0966. The third kappa shape index (κ3) is 5.31. The van der Waals surface area contributed by atoms with Crippen molar-refractivity contribution in [3.8, 4) is 5.69 Å². The van der Waals surface area contributed by atoms with Crippen LogP contribution >= 0.6 is 11.6 Å². The van der Waals surface area contributed by atoms with Crippen molar-refractivity contribution in [3.63, 3.8) is 0 Å². The lowest BCUT2D eigenvalue weighted by Gasteiger charge is -2.14. The number of nitrogens with zero attached hydrogens (tertiary/aromatic N) is 8. The van der Waals surface area contributed by atoms with E-state index in [2.05, 4.69) is 26.3 Å². The molecule has 0 fully saturated rings. The number of amides is 2. The molecule has 14 heteroatoms. The number of benzene rings is 1. The van der Waals surface area contributed by atoms with Crippen molar-refractivity contribution in [2.75, 3.05) is 10.9 Å². The van der Waals surface area contributed by atoms with Crippen molar-refractivity contribution < 1.29 is 9.59 Å². The molecule has 212 valence electrons. The van der Waals surface area contributed by atoms with Gasteiger partial charge in [0.25, 0.3) is 11.8 Å². The molecule has 0 unspecified atom stereocenters. The second-order valence-corrected chi connectivity index (χ2v) is 10.1. The molecule has 0 atom stereocenters. The van der Waals surface area contributed by atoms with E-state index in [0.717, 1.165) is 22.8 Å². The Balaban J connectivity index is 1.47. The van der Waals surface area contributed by atoms with Gasteiger partial charge >= 0.3 is 5.69 Å². The number of hydrogen-bond donors (Lipinski definition) is 2. The highest BCUT2D eigenvalue weighted by Gasteiger charge is 2.27. The molecule has 5 rings (SSSR count). The second-order valence-electron chi connectivity index (χ2n) is 9.66. The van der Waals surface area contributed by atoms with E-state index < -0.39 is 11.8 Å². The number of aryl methyl sites for hydroxylation is 6. The van der Waals surface area contributed by atoms with Crippen LogP contribution in [0.15, 0.2) is 53.3 Å². The SMILES string of the molecule is Cc1ccc(C)n1NC(=O)c1nnn(CCn2c(C)nn(-c3ccc(Cl)cc3)c2=O)c1C(=O)Nn1c(C)ccc1C. The van der Waals surface area contributed by atoms with Crippen molar-refractivity contribution in [2.45, 2.75) is 47.7 Å². The summed E-state index contributed by atoms with van der Waals surface area (Å²) in [5, 5.41) is 13.1. The fourth-order valence-electron chi connectivity index (χ4n) is 4.54. The van der Waals surface area contributed by atoms with Crippen LogP contribution in [0, 0.1) is 34.6 Å². The molecular weight excluding hydrogens is 548 g/mol. The highest BCUT2D eigenvalue weighted by Crippen LogP contribution is 2.14. The molecule has 0 aliphatic heterocycles. The van der Waals surface area contributed by atoms with Crippen molar-refractivity contribution in [2.24, 2.45) is 0 Å². The molecule has 0 aliphatic rings. The van der Waals surface area contributed by atoms with Gasteiger partial charge in [-0.25, -0.2) is 9.48 Å². The van der Waals surface area contributed by atoms with Crippen molar-refractivity contribution in [1.29, 1.82) is 0 Å². The average Bonchev–Trinajstić information content (AvgIpc) is 3.67. The first-order valence-electron chi connectivity index (χ1n) is 12.8. The normalized spacial score (nSPS) is 11.2. The van der Waals surface area contributed by atoms with Gasteiger partial charge in [-0.3, -0.25) is 34.4 Å². The Morgan fingerprint density at radius 2 is 1.32 bits per heavy atom. The number of rotatable bonds is 8. The summed E-state index contributed by atoms with van der Waals surface area (Å²) in [4.78, 5) is 40.1. The Morgan fingerprint density at radius 3 is 1.88 bits per heavy atom. The minimum Gasteiger partial charge on any atom is -0.277 e. The molecule has 0 saturated carbocycles. The summed E-state index contributed by atoms with van der Waals surface area (Å²) in [5.41, 5.74) is 8.81. The molecule has 41 heavy (non-hydrogen) atoms. The Labute approximate surface area is 239 Å². The highest BCUT2D eigenvalue weighted by atomic mass is 35.5. The Hall–Kier alpha value is -4.91. The zero-order chi connectivity index (χ0) is 29.4. The van der Waals surface area contributed by atoms with Crippen LogP contribution in [0.1, 0.15) is 49.6 Å². The van der Waals surface area contributed by atoms with Gasteiger partial charge < -0.3 is 0 Å². The first-order valence-corrected chi connectivity index (χ1v) is 13.2. The summed E-state index contributed by atoms with van der Waals surface area (Å²) in [7, 11) is 0. The third-order valence-electron chi connectivity index (χ3n) is 6.79. The van der Waals surface area contributed by atoms with Gasteiger partial charge in [-0.05, 0) is 83.1 Å². The molecule has 0 aliphatic carbocycles. The maximum Gasteiger partial charge on any atom is 0.350 e. The topological polar surface area (TPSA) is 139 Å². The summed E-state index contributed by atoms with van der Waals surface area (Å²) < 4.78 is 7.28. The van der Waals surface area contributed by atoms with Gasteiger partial charge in [0.2, 0.25) is 0 Å². The zero-order valence-electron chi connectivity index (χ0n) is 23.2. The van der Waals surface area contributed by atoms with Crippen LogP contribution in [0.5, 0.6) is 0 Å². The van der Waals surface area contributed by atoms with Crippen LogP contribution in [-0.2, 0) is 13.1 Å². The Kier molecular flexibility index (Phi) is 7.37. The Morgan fingerprint density at radius 1 is 0.780 bits per heavy atom. The second kappa shape index (κ2) is 10.9. The van der Waals surface area contributed by atoms with E-state index in [4.69, 9.17) is 11.6 Å². The summed E-state index contributed by atoms with van der Waals surface area (Å²) in [6.45, 7) is 9.30. The first-order chi connectivity index (χ1) is 19.5. The van der Waals surface area contributed by atoms with E-state index in [1.807, 2.05) is 52.0 Å². The highest BCUT2D eigenvalue weighted by molar-refractivity contribution is 6.30. The Bertz CT molecular complexity index is 1780. The summed E-state index contributed by atoms with van der Waals surface area (Å²) in [6.07, 6.45) is 0. The van der Waals surface area contributed by atoms with E-state index in [1.54, 1.807) is 40.5 Å². The zero-order valence-corrected chi connectivity index (χ0v) is 24.0. The number of carbonyl (C=O) groups is 2. The van der Waals surface area contributed by atoms with Gasteiger partial charge in [0.15, 0.2) is 11.4 Å². The van der Waals surface area contributed by atoms with Crippen molar-refractivity contribution in [1.82, 2.24) is 38.7 Å². The van der Waals surface area contributed by atoms with Crippen LogP contribution in [0.3, 0.4) is 0 Å². The molecule has 4 heterocycles. The molecule has 0 bridgehead atoms. The quantitative estimate of drug-likeness (QED) is 0.291. The fraction of sp³-hybridized carbons (Fsp3) is 0.259. The van der Waals surface area contributed by atoms with Crippen molar-refractivity contribution in [3.05, 3.63) is 104 Å². The van der Waals surface area contributed by atoms with Gasteiger partial charge in [0.05, 0.1) is 12.2 Å². The van der Waals surface area contributed by atoms with Gasteiger partial charge in [0.1, 0.15) is 5.82 Å². The summed E-state index contributed by atoms with van der Waals surface area (Å²) in [5.74, 6) is -0.718. The standard InChI is InChI=1S/C27H29ClN10O3/c1-16-6-7-17(2)36(16)31-25(39)23-24(26(40)32-37-18(3)8-9-19(37)4)35(33-29-23)15-14-34-20(5)30-38(27(34)41)22-12-10-21(28)11-13-22/h6-13H,14-15H2,1-5H3,(H,31,39)(H,32,40). The van der Waals surface area contributed by atoms with E-state index in [0.29, 0.717) is 16.5 Å². The van der Waals surface area contributed by atoms with Crippen LogP contribution in [0.2, 0.25) is 5.02 Å². The molecule has 2 amide bonds. The summed E-state index contributed by atoms with van der Waals surface area (Å²) in [6, 6.07) is 14.2. The van der Waals surface area contributed by atoms with Gasteiger partial charge in [0, 0.05) is 34.3 Å². The monoisotopic (exact) mass is 576 g/mol. The first kappa shape index (κ1) is 27.6. The van der Waals surface area contributed by atoms with Gasteiger partial charge in [-0.1, -0.05) is 16.8 Å². The molecule has 2 N–H and O–H groups in total. The number of halogens is 1. The number of hydrogen-bond acceptors (Lipinski definition) is 6. The molecule has 4 aromatic heterocycles.